The highest BCUT2D eigenvalue weighted by Crippen LogP contribution is 2.43. The Labute approximate surface area is 228 Å². The largest absolute Gasteiger partial charge is 0.466 e. The van der Waals surface area contributed by atoms with Crippen LogP contribution in [0.5, 0.6) is 0 Å². The maximum Gasteiger partial charge on any atom is 0.355 e. The highest BCUT2D eigenvalue weighted by molar-refractivity contribution is 6.30. The second-order valence-corrected chi connectivity index (χ2v) is 8.91. The number of anilines is 1. The van der Waals surface area contributed by atoms with Crippen molar-refractivity contribution in [2.45, 2.75) is 5.92 Å². The Kier molecular flexibility index (Phi) is 6.75. The molecule has 4 aromatic rings. The number of benzene rings is 3. The molecule has 11 heteroatoms. The van der Waals surface area contributed by atoms with Gasteiger partial charge in [-0.1, -0.05) is 41.9 Å². The number of fused-ring (bicyclic) bond motifs is 1. The van der Waals surface area contributed by atoms with E-state index in [1.807, 2.05) is 0 Å². The monoisotopic (exact) mass is 540 g/mol. The number of hydrogen-bond acceptors (Lipinski definition) is 9. The third-order valence-electron chi connectivity index (χ3n) is 6.29. The van der Waals surface area contributed by atoms with Crippen LogP contribution in [0.3, 0.4) is 0 Å². The van der Waals surface area contributed by atoms with Gasteiger partial charge >= 0.3 is 11.9 Å². The predicted molar refractivity (Wildman–Crippen MR) is 143 cm³/mol. The quantitative estimate of drug-likeness (QED) is 0.373. The van der Waals surface area contributed by atoms with E-state index in [9.17, 15) is 14.9 Å². The van der Waals surface area contributed by atoms with Crippen LogP contribution in [0.2, 0.25) is 5.02 Å². The summed E-state index contributed by atoms with van der Waals surface area (Å²) in [6.07, 6.45) is 0. The van der Waals surface area contributed by atoms with E-state index in [4.69, 9.17) is 26.8 Å². The molecule has 1 unspecified atom stereocenters. The van der Waals surface area contributed by atoms with Crippen molar-refractivity contribution in [3.63, 3.8) is 0 Å². The van der Waals surface area contributed by atoms with Crippen molar-refractivity contribution in [1.29, 1.82) is 5.26 Å². The van der Waals surface area contributed by atoms with Crippen LogP contribution in [0.15, 0.2) is 95.5 Å². The molecule has 0 aliphatic carbocycles. The summed E-state index contributed by atoms with van der Waals surface area (Å²) >= 11 is 6.00. The molecule has 0 saturated carbocycles. The van der Waals surface area contributed by atoms with Crippen molar-refractivity contribution in [3.05, 3.63) is 106 Å². The normalized spacial score (nSPS) is 15.3. The van der Waals surface area contributed by atoms with Crippen molar-refractivity contribution in [1.82, 2.24) is 15.0 Å². The molecular formula is C28H21ClN6O4. The number of carbonyl (C=O) groups excluding carboxylic acids is 2. The second kappa shape index (κ2) is 10.3. The molecule has 194 valence electrons. The number of esters is 2. The van der Waals surface area contributed by atoms with E-state index < -0.39 is 17.9 Å². The number of rotatable bonds is 5. The highest BCUT2D eigenvalue weighted by Gasteiger charge is 2.43. The summed E-state index contributed by atoms with van der Waals surface area (Å²) in [6.45, 7) is 0. The molecular weight excluding hydrogens is 520 g/mol. The molecule has 0 saturated heterocycles. The third kappa shape index (κ3) is 4.45. The molecule has 0 spiro atoms. The fourth-order valence-electron chi connectivity index (χ4n) is 4.51. The number of nitriles is 1. The zero-order chi connectivity index (χ0) is 27.7. The highest BCUT2D eigenvalue weighted by atomic mass is 35.5. The summed E-state index contributed by atoms with van der Waals surface area (Å²) in [5.74, 6) is -2.63. The lowest BCUT2D eigenvalue weighted by molar-refractivity contribution is -0.139. The Morgan fingerprint density at radius 2 is 1.56 bits per heavy atom. The Bertz CT molecular complexity index is 1700. The zero-order valence-electron chi connectivity index (χ0n) is 20.8. The second-order valence-electron chi connectivity index (χ2n) is 8.47. The van der Waals surface area contributed by atoms with Gasteiger partial charge in [-0.3, -0.25) is 4.90 Å². The maximum absolute atomic E-state index is 13.2. The Hall–Kier alpha value is -5.14. The van der Waals surface area contributed by atoms with Crippen molar-refractivity contribution in [2.24, 2.45) is 5.73 Å². The van der Waals surface area contributed by atoms with E-state index in [1.165, 1.54) is 23.9 Å². The molecule has 0 radical (unpaired) electrons. The zero-order valence-corrected chi connectivity index (χ0v) is 21.6. The molecule has 0 fully saturated rings. The first-order chi connectivity index (χ1) is 18.9. The van der Waals surface area contributed by atoms with Crippen LogP contribution in [0, 0.1) is 11.3 Å². The van der Waals surface area contributed by atoms with Gasteiger partial charge < -0.3 is 15.2 Å². The van der Waals surface area contributed by atoms with E-state index in [2.05, 4.69) is 16.3 Å². The van der Waals surface area contributed by atoms with Gasteiger partial charge in [-0.05, 0) is 48.0 Å². The molecule has 39 heavy (non-hydrogen) atoms. The minimum atomic E-state index is -0.955. The van der Waals surface area contributed by atoms with Gasteiger partial charge in [0.25, 0.3) is 0 Å². The van der Waals surface area contributed by atoms with Gasteiger partial charge in [0.2, 0.25) is 0 Å². The number of carbonyl (C=O) groups is 2. The van der Waals surface area contributed by atoms with Gasteiger partial charge in [-0.15, -0.1) is 10.2 Å². The summed E-state index contributed by atoms with van der Waals surface area (Å²) in [6, 6.07) is 22.9. The minimum Gasteiger partial charge on any atom is -0.466 e. The summed E-state index contributed by atoms with van der Waals surface area (Å²) in [4.78, 5) is 29.2. The number of ether oxygens (including phenoxy) is 2. The van der Waals surface area contributed by atoms with E-state index >= 15 is 0 Å². The third-order valence-corrected chi connectivity index (χ3v) is 6.54. The number of allylic oxidation sites excluding steroid dienone is 1. The summed E-state index contributed by atoms with van der Waals surface area (Å²) < 4.78 is 10.1. The molecule has 3 aromatic carbocycles. The lowest BCUT2D eigenvalue weighted by Crippen LogP contribution is -2.40. The van der Waals surface area contributed by atoms with Gasteiger partial charge in [0.05, 0.1) is 48.7 Å². The molecule has 10 nitrogen and oxygen atoms in total. The van der Waals surface area contributed by atoms with E-state index in [0.717, 1.165) is 0 Å². The number of methoxy groups -OCH3 is 2. The van der Waals surface area contributed by atoms with Crippen LogP contribution in [-0.2, 0) is 19.1 Å². The van der Waals surface area contributed by atoms with Crippen molar-refractivity contribution in [3.8, 4) is 11.8 Å². The molecule has 5 rings (SSSR count). The average molecular weight is 541 g/mol. The van der Waals surface area contributed by atoms with E-state index in [1.54, 1.807) is 72.8 Å². The fourth-order valence-corrected chi connectivity index (χ4v) is 4.64. The SMILES string of the molecule is COC(=O)C1=C(C(=O)OC)N(c2ccc3nn(-c4ccc(Cl)cc4)nc3c2)C(N)=C(C#N)C1c1ccccc1. The van der Waals surface area contributed by atoms with Crippen LogP contribution in [0.1, 0.15) is 11.5 Å². The molecule has 0 bridgehead atoms. The van der Waals surface area contributed by atoms with E-state index in [0.29, 0.717) is 33.0 Å². The van der Waals surface area contributed by atoms with Crippen molar-refractivity contribution < 1.29 is 19.1 Å². The van der Waals surface area contributed by atoms with E-state index in [-0.39, 0.29) is 22.7 Å². The van der Waals surface area contributed by atoms with Crippen LogP contribution < -0.4 is 10.6 Å². The maximum atomic E-state index is 13.2. The van der Waals surface area contributed by atoms with Gasteiger partial charge in [-0.25, -0.2) is 9.59 Å². The first-order valence-electron chi connectivity index (χ1n) is 11.7. The smallest absolute Gasteiger partial charge is 0.355 e. The lowest BCUT2D eigenvalue weighted by atomic mass is 9.81. The average Bonchev–Trinajstić information content (AvgIpc) is 3.40. The van der Waals surface area contributed by atoms with Gasteiger partial charge in [0.15, 0.2) is 0 Å². The van der Waals surface area contributed by atoms with Crippen molar-refractivity contribution >= 4 is 40.3 Å². The first-order valence-corrected chi connectivity index (χ1v) is 12.0. The number of halogens is 1. The molecule has 1 aromatic heterocycles. The predicted octanol–water partition coefficient (Wildman–Crippen LogP) is 3.97. The lowest BCUT2D eigenvalue weighted by Gasteiger charge is -2.35. The Morgan fingerprint density at radius 1 is 0.923 bits per heavy atom. The number of nitrogens with two attached hydrogens (primary N) is 1. The molecule has 1 aliphatic heterocycles. The number of hydrogen-bond donors (Lipinski definition) is 1. The van der Waals surface area contributed by atoms with Gasteiger partial charge in [-0.2, -0.15) is 10.1 Å². The first kappa shape index (κ1) is 25.5. The summed E-state index contributed by atoms with van der Waals surface area (Å²) in [7, 11) is 2.39. The Morgan fingerprint density at radius 3 is 2.21 bits per heavy atom. The van der Waals surface area contributed by atoms with Crippen LogP contribution in [0.25, 0.3) is 16.7 Å². The molecule has 1 aliphatic rings. The molecule has 0 amide bonds. The van der Waals surface area contributed by atoms with Crippen LogP contribution in [0.4, 0.5) is 5.69 Å². The van der Waals surface area contributed by atoms with Gasteiger partial charge in [0, 0.05) is 5.02 Å². The van der Waals surface area contributed by atoms with Crippen molar-refractivity contribution in [2.75, 3.05) is 19.1 Å². The minimum absolute atomic E-state index is 0.0381. The number of nitrogens with zero attached hydrogens (tertiary/aromatic N) is 5. The summed E-state index contributed by atoms with van der Waals surface area (Å²) in [5, 5.41) is 19.8. The van der Waals surface area contributed by atoms with Gasteiger partial charge in [0.1, 0.15) is 22.6 Å². The standard InChI is InChI=1S/C28H21ClN6O4/c1-38-27(36)24-23(16-6-4-3-5-7-16)20(15-30)26(31)34(25(24)28(37)39-2)19-12-13-21-22(14-19)33-35(32-21)18-10-8-17(29)9-11-18/h3-14,23H,31H2,1-2H3. The molecule has 2 N–H and O–H groups in total. The molecule has 2 heterocycles. The van der Waals surface area contributed by atoms with Crippen LogP contribution in [-0.4, -0.2) is 41.2 Å². The fraction of sp³-hybridized carbons (Fsp3) is 0.107. The molecule has 1 atom stereocenters. The van der Waals surface area contributed by atoms with Crippen LogP contribution >= 0.6 is 11.6 Å². The number of aromatic nitrogens is 3. The summed E-state index contributed by atoms with van der Waals surface area (Å²) in [5.41, 5.74) is 9.07. The topological polar surface area (TPSA) is 136 Å². The Balaban J connectivity index is 1.73.